The lowest BCUT2D eigenvalue weighted by molar-refractivity contribution is 0.401. The van der Waals surface area contributed by atoms with Gasteiger partial charge < -0.3 is 0 Å². The molecule has 1 unspecified atom stereocenters. The van der Waals surface area contributed by atoms with E-state index in [9.17, 15) is 0 Å². The molecule has 0 nitrogen and oxygen atoms in total. The second-order valence-electron chi connectivity index (χ2n) is 7.40. The van der Waals surface area contributed by atoms with Gasteiger partial charge in [-0.3, -0.25) is 0 Å². The largest absolute Gasteiger partial charge is 0.0749 e. The molecule has 1 aliphatic rings. The molecule has 0 spiro atoms. The number of allylic oxidation sites excluding steroid dienone is 6. The van der Waals surface area contributed by atoms with Gasteiger partial charge in [0.15, 0.2) is 0 Å². The van der Waals surface area contributed by atoms with Crippen LogP contribution in [0.2, 0.25) is 0 Å². The Morgan fingerprint density at radius 3 is 2.00 bits per heavy atom. The third-order valence-electron chi connectivity index (χ3n) is 4.04. The van der Waals surface area contributed by atoms with Crippen molar-refractivity contribution < 1.29 is 0 Å². The van der Waals surface area contributed by atoms with Crippen LogP contribution in [0, 0.1) is 16.7 Å². The number of hydrogen-bond donors (Lipinski definition) is 0. The Bertz CT molecular complexity index is 394. The Kier molecular flexibility index (Phi) is 4.30. The van der Waals surface area contributed by atoms with Crippen LogP contribution in [-0.4, -0.2) is 0 Å². The van der Waals surface area contributed by atoms with E-state index in [2.05, 4.69) is 73.6 Å². The van der Waals surface area contributed by atoms with Crippen LogP contribution < -0.4 is 0 Å². The molecule has 0 heterocycles. The van der Waals surface area contributed by atoms with Gasteiger partial charge in [-0.2, -0.15) is 0 Å². The molecule has 0 aromatic carbocycles. The summed E-state index contributed by atoms with van der Waals surface area (Å²) in [7, 11) is 0. The molecular weight excluding hydrogens is 216 g/mol. The predicted molar refractivity (Wildman–Crippen MR) is 82.6 cm³/mol. The molecule has 0 radical (unpaired) electrons. The van der Waals surface area contributed by atoms with E-state index >= 15 is 0 Å². The fourth-order valence-electron chi connectivity index (χ4n) is 2.57. The summed E-state index contributed by atoms with van der Waals surface area (Å²) < 4.78 is 0. The second kappa shape index (κ2) is 5.07. The molecular formula is C18H30. The molecule has 1 rings (SSSR count). The SMILES string of the molecule is CCC(C)(C)C1=CC(C)=CC(C)C=C1C(C)(C)C. The van der Waals surface area contributed by atoms with Gasteiger partial charge in [0.25, 0.3) is 0 Å². The minimum atomic E-state index is 0.213. The molecule has 0 aliphatic heterocycles. The minimum absolute atomic E-state index is 0.213. The van der Waals surface area contributed by atoms with Crippen molar-refractivity contribution in [3.05, 3.63) is 34.9 Å². The van der Waals surface area contributed by atoms with E-state index in [1.54, 1.807) is 0 Å². The highest BCUT2D eigenvalue weighted by molar-refractivity contribution is 5.46. The Hall–Kier alpha value is -0.780. The average Bonchev–Trinajstić information content (AvgIpc) is 2.36. The zero-order chi connectivity index (χ0) is 14.1. The van der Waals surface area contributed by atoms with Gasteiger partial charge in [-0.25, -0.2) is 0 Å². The summed E-state index contributed by atoms with van der Waals surface area (Å²) in [5.41, 5.74) is 4.91. The Balaban J connectivity index is 3.40. The van der Waals surface area contributed by atoms with Gasteiger partial charge in [-0.1, -0.05) is 72.3 Å². The van der Waals surface area contributed by atoms with Crippen LogP contribution in [0.3, 0.4) is 0 Å². The van der Waals surface area contributed by atoms with Gasteiger partial charge in [0.05, 0.1) is 0 Å². The molecule has 0 N–H and O–H groups in total. The topological polar surface area (TPSA) is 0 Å². The van der Waals surface area contributed by atoms with Crippen LogP contribution in [0.15, 0.2) is 34.9 Å². The lowest BCUT2D eigenvalue weighted by Crippen LogP contribution is -2.22. The molecule has 0 amide bonds. The van der Waals surface area contributed by atoms with Crippen molar-refractivity contribution in [1.29, 1.82) is 0 Å². The molecule has 1 aliphatic carbocycles. The van der Waals surface area contributed by atoms with Gasteiger partial charge in [-0.15, -0.1) is 0 Å². The molecule has 18 heavy (non-hydrogen) atoms. The van der Waals surface area contributed by atoms with E-state index in [-0.39, 0.29) is 10.8 Å². The highest BCUT2D eigenvalue weighted by Crippen LogP contribution is 2.44. The summed E-state index contributed by atoms with van der Waals surface area (Å²) in [6.07, 6.45) is 8.40. The van der Waals surface area contributed by atoms with E-state index in [1.807, 2.05) is 0 Å². The summed E-state index contributed by atoms with van der Waals surface area (Å²) in [6, 6.07) is 0. The molecule has 0 bridgehead atoms. The van der Waals surface area contributed by atoms with Crippen molar-refractivity contribution in [3.63, 3.8) is 0 Å². The molecule has 0 aromatic rings. The number of rotatable bonds is 2. The summed E-state index contributed by atoms with van der Waals surface area (Å²) >= 11 is 0. The van der Waals surface area contributed by atoms with Crippen molar-refractivity contribution in [1.82, 2.24) is 0 Å². The van der Waals surface area contributed by atoms with Gasteiger partial charge in [0, 0.05) is 0 Å². The molecule has 1 atom stereocenters. The lowest BCUT2D eigenvalue weighted by atomic mass is 9.70. The standard InChI is InChI=1S/C18H30/c1-9-18(7,8)16-12-14(3)10-13(2)11-15(16)17(4,5)6/h10-13H,9H2,1-8H3. The monoisotopic (exact) mass is 246 g/mol. The van der Waals surface area contributed by atoms with Crippen molar-refractivity contribution in [2.24, 2.45) is 16.7 Å². The number of hydrogen-bond acceptors (Lipinski definition) is 0. The first kappa shape index (κ1) is 15.3. The van der Waals surface area contributed by atoms with Gasteiger partial charge >= 0.3 is 0 Å². The van der Waals surface area contributed by atoms with Gasteiger partial charge in [0.2, 0.25) is 0 Å². The molecule has 0 saturated carbocycles. The maximum absolute atomic E-state index is 2.46. The third kappa shape index (κ3) is 3.37. The van der Waals surface area contributed by atoms with Gasteiger partial charge in [0.1, 0.15) is 0 Å². The highest BCUT2D eigenvalue weighted by atomic mass is 14.4. The molecule has 0 saturated heterocycles. The van der Waals surface area contributed by atoms with Crippen molar-refractivity contribution in [3.8, 4) is 0 Å². The second-order valence-corrected chi connectivity index (χ2v) is 7.40. The van der Waals surface area contributed by atoms with Crippen LogP contribution in [-0.2, 0) is 0 Å². The van der Waals surface area contributed by atoms with E-state index in [0.717, 1.165) is 0 Å². The van der Waals surface area contributed by atoms with Crippen LogP contribution in [0.25, 0.3) is 0 Å². The molecule has 0 aromatic heterocycles. The summed E-state index contributed by atoms with van der Waals surface area (Å²) in [4.78, 5) is 0. The van der Waals surface area contributed by atoms with Gasteiger partial charge in [-0.05, 0) is 41.2 Å². The maximum Gasteiger partial charge on any atom is -0.00700 e. The zero-order valence-electron chi connectivity index (χ0n) is 13.5. The first-order valence-electron chi connectivity index (χ1n) is 7.21. The fraction of sp³-hybridized carbons (Fsp3) is 0.667. The van der Waals surface area contributed by atoms with Crippen LogP contribution >= 0.6 is 0 Å². The van der Waals surface area contributed by atoms with Crippen LogP contribution in [0.4, 0.5) is 0 Å². The van der Waals surface area contributed by atoms with Crippen LogP contribution in [0.1, 0.15) is 61.8 Å². The Morgan fingerprint density at radius 2 is 1.56 bits per heavy atom. The quantitative estimate of drug-likeness (QED) is 0.567. The molecule has 0 fully saturated rings. The van der Waals surface area contributed by atoms with E-state index in [1.165, 1.54) is 23.1 Å². The van der Waals surface area contributed by atoms with Crippen molar-refractivity contribution in [2.45, 2.75) is 61.8 Å². The Labute approximate surface area is 114 Å². The minimum Gasteiger partial charge on any atom is -0.0749 e. The van der Waals surface area contributed by atoms with E-state index in [0.29, 0.717) is 5.92 Å². The van der Waals surface area contributed by atoms with Crippen molar-refractivity contribution in [2.75, 3.05) is 0 Å². The zero-order valence-corrected chi connectivity index (χ0v) is 13.5. The fourth-order valence-corrected chi connectivity index (χ4v) is 2.57. The summed E-state index contributed by atoms with van der Waals surface area (Å²) in [6.45, 7) is 18.5. The maximum atomic E-state index is 2.46. The third-order valence-corrected chi connectivity index (χ3v) is 4.04. The average molecular weight is 246 g/mol. The first-order valence-corrected chi connectivity index (χ1v) is 7.21. The Morgan fingerprint density at radius 1 is 1.00 bits per heavy atom. The highest BCUT2D eigenvalue weighted by Gasteiger charge is 2.31. The summed E-state index contributed by atoms with van der Waals surface area (Å²) in [5, 5.41) is 0. The summed E-state index contributed by atoms with van der Waals surface area (Å²) in [5.74, 6) is 0.528. The molecule has 0 heteroatoms. The van der Waals surface area contributed by atoms with Crippen molar-refractivity contribution >= 4 is 0 Å². The predicted octanol–water partition coefficient (Wildman–Crippen LogP) is 5.92. The van der Waals surface area contributed by atoms with E-state index < -0.39 is 0 Å². The lowest BCUT2D eigenvalue weighted by Gasteiger charge is -2.35. The molecule has 102 valence electrons. The van der Waals surface area contributed by atoms with E-state index in [4.69, 9.17) is 0 Å². The smallest absolute Gasteiger partial charge is 0.00700 e. The normalized spacial score (nSPS) is 22.0. The van der Waals surface area contributed by atoms with Crippen LogP contribution in [0.5, 0.6) is 0 Å². The first-order chi connectivity index (χ1) is 8.08.